The van der Waals surface area contributed by atoms with Crippen LogP contribution in [0.25, 0.3) is 0 Å². The highest BCUT2D eigenvalue weighted by Gasteiger charge is 2.43. The van der Waals surface area contributed by atoms with Gasteiger partial charge in [0.1, 0.15) is 0 Å². The van der Waals surface area contributed by atoms with Crippen LogP contribution in [-0.4, -0.2) is 44.0 Å². The van der Waals surface area contributed by atoms with E-state index in [4.69, 9.17) is 14.0 Å². The summed E-state index contributed by atoms with van der Waals surface area (Å²) in [6.07, 6.45) is 5.56. The van der Waals surface area contributed by atoms with E-state index in [1.54, 1.807) is 4.88 Å². The summed E-state index contributed by atoms with van der Waals surface area (Å²) in [7, 11) is -3.67. The summed E-state index contributed by atoms with van der Waals surface area (Å²) in [4.78, 5) is 4.26. The van der Waals surface area contributed by atoms with E-state index in [-0.39, 0.29) is 5.54 Å². The molecule has 1 saturated heterocycles. The topological polar surface area (TPSA) is 76.1 Å². The highest BCUT2D eigenvalue weighted by atomic mass is 32.2. The second-order valence-corrected chi connectivity index (χ2v) is 10.6. The van der Waals surface area contributed by atoms with Crippen molar-refractivity contribution in [2.75, 3.05) is 26.1 Å². The first-order valence-electron chi connectivity index (χ1n) is 9.88. The van der Waals surface area contributed by atoms with Gasteiger partial charge in [-0.1, -0.05) is 12.1 Å². The van der Waals surface area contributed by atoms with Gasteiger partial charge < -0.3 is 9.47 Å². The molecule has 2 atom stereocenters. The average molecular weight is 438 g/mol. The third kappa shape index (κ3) is 4.30. The molecule has 0 spiro atoms. The zero-order chi connectivity index (χ0) is 20.6. The Morgan fingerprint density at radius 3 is 2.79 bits per heavy atom. The summed E-state index contributed by atoms with van der Waals surface area (Å²) in [5.41, 5.74) is 2.98. The van der Waals surface area contributed by atoms with Crippen LogP contribution in [0.15, 0.2) is 29.6 Å². The lowest BCUT2D eigenvalue weighted by Gasteiger charge is -2.43. The van der Waals surface area contributed by atoms with E-state index in [1.807, 2.05) is 11.3 Å². The van der Waals surface area contributed by atoms with E-state index in [0.717, 1.165) is 17.9 Å². The van der Waals surface area contributed by atoms with Gasteiger partial charge in [-0.2, -0.15) is 8.42 Å². The van der Waals surface area contributed by atoms with Gasteiger partial charge in [-0.15, -0.1) is 11.3 Å². The third-order valence-electron chi connectivity index (χ3n) is 6.14. The van der Waals surface area contributed by atoms with Crippen molar-refractivity contribution in [1.29, 1.82) is 0 Å². The molecule has 0 amide bonds. The second kappa shape index (κ2) is 7.91. The predicted octanol–water partition coefficient (Wildman–Crippen LogP) is 4.02. The Balaban J connectivity index is 0.000000369. The molecule has 1 fully saturated rings. The molecule has 3 aliphatic rings. The van der Waals surface area contributed by atoms with Crippen LogP contribution in [0.3, 0.4) is 0 Å². The smallest absolute Gasteiger partial charge is 0.261 e. The molecule has 2 unspecified atom stereocenters. The summed E-state index contributed by atoms with van der Waals surface area (Å²) in [5.74, 6) is 2.63. The molecular weight excluding hydrogens is 410 g/mol. The fraction of sp³-hybridized carbons (Fsp3) is 0.524. The molecule has 6 nitrogen and oxygen atoms in total. The predicted molar refractivity (Wildman–Crippen MR) is 114 cm³/mol. The lowest BCUT2D eigenvalue weighted by molar-refractivity contribution is 0.110. The Morgan fingerprint density at radius 1 is 1.28 bits per heavy atom. The molecule has 2 aliphatic heterocycles. The van der Waals surface area contributed by atoms with Crippen molar-refractivity contribution in [3.63, 3.8) is 0 Å². The van der Waals surface area contributed by atoms with Crippen LogP contribution in [0.1, 0.15) is 48.1 Å². The van der Waals surface area contributed by atoms with Crippen LogP contribution in [0.4, 0.5) is 0 Å². The fourth-order valence-corrected chi connectivity index (χ4v) is 5.68. The van der Waals surface area contributed by atoms with E-state index >= 15 is 0 Å². The largest absolute Gasteiger partial charge is 0.454 e. The molecule has 0 radical (unpaired) electrons. The Kier molecular flexibility index (Phi) is 5.63. The standard InChI is InChI=1S/C20H23NO2S.CH4O3S/c1-20(21-10-8-14(12-21)18-5-3-11-24-18)9-2-4-15-16(20)6-7-17-19(15)23-13-22-17;1-5(2,3)4/h3,5-7,11,14H,2,4,8-10,12-13H2,1H3;1H3,(H,2,3,4). The van der Waals surface area contributed by atoms with E-state index in [2.05, 4.69) is 41.5 Å². The van der Waals surface area contributed by atoms with Gasteiger partial charge in [0.05, 0.1) is 6.26 Å². The fourth-order valence-electron chi connectivity index (χ4n) is 4.82. The van der Waals surface area contributed by atoms with Crippen LogP contribution < -0.4 is 9.47 Å². The zero-order valence-electron chi connectivity index (χ0n) is 16.8. The van der Waals surface area contributed by atoms with Gasteiger partial charge in [-0.25, -0.2) is 0 Å². The first-order valence-corrected chi connectivity index (χ1v) is 12.6. The molecule has 8 heteroatoms. The molecule has 3 heterocycles. The maximum absolute atomic E-state index is 9.19. The molecular formula is C21H27NO5S2. The molecule has 1 aromatic carbocycles. The van der Waals surface area contributed by atoms with Crippen LogP contribution >= 0.6 is 11.3 Å². The van der Waals surface area contributed by atoms with Crippen LogP contribution in [0.5, 0.6) is 11.5 Å². The van der Waals surface area contributed by atoms with Gasteiger partial charge in [0.15, 0.2) is 11.5 Å². The minimum absolute atomic E-state index is 0.126. The van der Waals surface area contributed by atoms with E-state index in [1.165, 1.54) is 43.5 Å². The molecule has 5 rings (SSSR count). The van der Waals surface area contributed by atoms with Gasteiger partial charge >= 0.3 is 0 Å². The molecule has 29 heavy (non-hydrogen) atoms. The number of benzene rings is 1. The number of ether oxygens (including phenoxy) is 2. The number of rotatable bonds is 2. The number of thiophene rings is 1. The normalized spacial score (nSPS) is 26.0. The average Bonchev–Trinajstić information content (AvgIpc) is 3.39. The van der Waals surface area contributed by atoms with Crippen molar-refractivity contribution in [1.82, 2.24) is 4.90 Å². The van der Waals surface area contributed by atoms with Crippen molar-refractivity contribution in [3.05, 3.63) is 45.6 Å². The highest BCUT2D eigenvalue weighted by molar-refractivity contribution is 7.85. The van der Waals surface area contributed by atoms with E-state index in [9.17, 15) is 8.42 Å². The monoisotopic (exact) mass is 437 g/mol. The molecule has 0 bridgehead atoms. The Morgan fingerprint density at radius 2 is 2.07 bits per heavy atom. The molecule has 1 aromatic heterocycles. The lowest BCUT2D eigenvalue weighted by atomic mass is 9.76. The maximum Gasteiger partial charge on any atom is 0.261 e. The van der Waals surface area contributed by atoms with Gasteiger partial charge in [0.2, 0.25) is 6.79 Å². The van der Waals surface area contributed by atoms with Crippen LogP contribution in [0, 0.1) is 0 Å². The summed E-state index contributed by atoms with van der Waals surface area (Å²) < 4.78 is 37.3. The molecule has 0 saturated carbocycles. The SMILES string of the molecule is CC1(N2CCC(c3cccs3)C2)CCCc2c1ccc1c2OCO1.CS(=O)(=O)O. The lowest BCUT2D eigenvalue weighted by Crippen LogP contribution is -2.44. The number of hydrogen-bond acceptors (Lipinski definition) is 6. The van der Waals surface area contributed by atoms with E-state index < -0.39 is 10.1 Å². The number of nitrogens with zero attached hydrogens (tertiary/aromatic N) is 1. The summed E-state index contributed by atoms with van der Waals surface area (Å²) in [6.45, 7) is 5.16. The minimum atomic E-state index is -3.67. The molecule has 1 N–H and O–H groups in total. The van der Waals surface area contributed by atoms with Crippen molar-refractivity contribution in [2.45, 2.75) is 44.1 Å². The Hall–Kier alpha value is -1.61. The minimum Gasteiger partial charge on any atom is -0.454 e. The summed E-state index contributed by atoms with van der Waals surface area (Å²) in [5, 5.41) is 2.20. The molecule has 1 aliphatic carbocycles. The van der Waals surface area contributed by atoms with Gasteiger partial charge in [-0.3, -0.25) is 9.45 Å². The number of fused-ring (bicyclic) bond motifs is 3. The van der Waals surface area contributed by atoms with Crippen molar-refractivity contribution in [3.8, 4) is 11.5 Å². The Bertz CT molecular complexity index is 965. The zero-order valence-corrected chi connectivity index (χ0v) is 18.4. The second-order valence-electron chi connectivity index (χ2n) is 8.13. The molecule has 2 aromatic rings. The summed E-state index contributed by atoms with van der Waals surface area (Å²) in [6, 6.07) is 8.88. The van der Waals surface area contributed by atoms with E-state index in [0.29, 0.717) is 19.0 Å². The third-order valence-corrected chi connectivity index (χ3v) is 7.18. The van der Waals surface area contributed by atoms with Crippen LogP contribution in [0.2, 0.25) is 0 Å². The first kappa shape index (κ1) is 20.7. The quantitative estimate of drug-likeness (QED) is 0.715. The highest BCUT2D eigenvalue weighted by Crippen LogP contribution is 2.49. The Labute approximate surface area is 176 Å². The van der Waals surface area contributed by atoms with Crippen LogP contribution in [-0.2, 0) is 22.1 Å². The van der Waals surface area contributed by atoms with Crippen molar-refractivity contribution < 1.29 is 22.4 Å². The van der Waals surface area contributed by atoms with Gasteiger partial charge in [-0.05, 0) is 62.2 Å². The molecule has 158 valence electrons. The van der Waals surface area contributed by atoms with Crippen molar-refractivity contribution in [2.24, 2.45) is 0 Å². The van der Waals surface area contributed by atoms with Gasteiger partial charge in [0, 0.05) is 28.4 Å². The van der Waals surface area contributed by atoms with Gasteiger partial charge in [0.25, 0.3) is 10.1 Å². The first-order chi connectivity index (χ1) is 13.8. The maximum atomic E-state index is 9.19. The number of hydrogen-bond donors (Lipinski definition) is 1. The van der Waals surface area contributed by atoms with Crippen molar-refractivity contribution >= 4 is 21.5 Å². The summed E-state index contributed by atoms with van der Waals surface area (Å²) >= 11 is 1.91. The number of likely N-dealkylation sites (tertiary alicyclic amines) is 1.